The standard InChI is InChI=1S/C14H14FN3O2.C7H3F2N.C7H12N2O2/c1-10-5-14(20-4-3-19-2)17-18(10)13-7-11(9-16)6-12(15)8-13;1-10-7-3-5(8)2-6(9)4-7;1-6-5-7(9-8-6)11-4-3-10-2/h5-8H,3-4H2,1-2H3;2-4H;5H,3-4H2,1-2H3,(H,8,9). The van der Waals surface area contributed by atoms with Crippen molar-refractivity contribution in [3.05, 3.63) is 94.4 Å². The molecule has 216 valence electrons. The molecule has 0 saturated heterocycles. The zero-order valence-corrected chi connectivity index (χ0v) is 23.0. The average Bonchev–Trinajstić information content (AvgIpc) is 3.53. The Balaban J connectivity index is 0.000000236. The summed E-state index contributed by atoms with van der Waals surface area (Å²) in [5, 5.41) is 19.8. The predicted molar refractivity (Wildman–Crippen MR) is 144 cm³/mol. The van der Waals surface area contributed by atoms with Gasteiger partial charge in [-0.15, -0.1) is 10.2 Å². The SMILES string of the molecule is COCCOc1cc(C)[nH]n1.COCCOc1cc(C)n(-c2cc(F)cc(C#N)c2)n1.[C-]#[N+]c1cc(F)cc(F)c1. The minimum absolute atomic E-state index is 0.0162. The highest BCUT2D eigenvalue weighted by atomic mass is 19.1. The summed E-state index contributed by atoms with van der Waals surface area (Å²) in [5.74, 6) is -0.852. The molecule has 2 aromatic heterocycles. The van der Waals surface area contributed by atoms with E-state index in [9.17, 15) is 13.2 Å². The highest BCUT2D eigenvalue weighted by Gasteiger charge is 2.09. The predicted octanol–water partition coefficient (Wildman–Crippen LogP) is 5.48. The van der Waals surface area contributed by atoms with Crippen molar-refractivity contribution in [1.29, 1.82) is 5.26 Å². The van der Waals surface area contributed by atoms with Crippen molar-refractivity contribution >= 4 is 5.69 Å². The van der Waals surface area contributed by atoms with Crippen LogP contribution >= 0.6 is 0 Å². The summed E-state index contributed by atoms with van der Waals surface area (Å²) in [6, 6.07) is 12.3. The van der Waals surface area contributed by atoms with Gasteiger partial charge in [0.15, 0.2) is 5.69 Å². The number of nitriles is 1. The lowest BCUT2D eigenvalue weighted by atomic mass is 10.2. The average molecular weight is 571 g/mol. The Hall–Kier alpha value is -4.85. The molecule has 2 heterocycles. The third-order valence-electron chi connectivity index (χ3n) is 4.85. The van der Waals surface area contributed by atoms with Gasteiger partial charge in [-0.2, -0.15) is 5.26 Å². The summed E-state index contributed by atoms with van der Waals surface area (Å²) >= 11 is 0. The number of aromatic nitrogens is 4. The molecule has 41 heavy (non-hydrogen) atoms. The first-order valence-electron chi connectivity index (χ1n) is 12.1. The van der Waals surface area contributed by atoms with Crippen molar-refractivity contribution in [2.24, 2.45) is 0 Å². The maximum atomic E-state index is 13.4. The number of hydrogen-bond acceptors (Lipinski definition) is 7. The maximum absolute atomic E-state index is 13.4. The highest BCUT2D eigenvalue weighted by molar-refractivity contribution is 5.44. The van der Waals surface area contributed by atoms with Crippen LogP contribution in [-0.4, -0.2) is 60.6 Å². The second-order valence-electron chi connectivity index (χ2n) is 8.16. The molecule has 10 nitrogen and oxygen atoms in total. The molecule has 0 unspecified atom stereocenters. The summed E-state index contributed by atoms with van der Waals surface area (Å²) in [4.78, 5) is 2.86. The Bertz CT molecular complexity index is 1460. The number of methoxy groups -OCH3 is 2. The Kier molecular flexibility index (Phi) is 13.4. The van der Waals surface area contributed by atoms with E-state index in [4.69, 9.17) is 30.8 Å². The molecule has 0 atom stereocenters. The van der Waals surface area contributed by atoms with Crippen molar-refractivity contribution in [3.8, 4) is 23.5 Å². The summed E-state index contributed by atoms with van der Waals surface area (Å²) in [6.07, 6.45) is 0. The number of hydrogen-bond donors (Lipinski definition) is 1. The molecule has 4 rings (SSSR count). The number of ether oxygens (including phenoxy) is 4. The Morgan fingerprint density at radius 3 is 2.00 bits per heavy atom. The second-order valence-corrected chi connectivity index (χ2v) is 8.16. The van der Waals surface area contributed by atoms with Crippen LogP contribution in [0.25, 0.3) is 10.5 Å². The Morgan fingerprint density at radius 1 is 0.854 bits per heavy atom. The lowest BCUT2D eigenvalue weighted by Gasteiger charge is -2.05. The molecule has 13 heteroatoms. The summed E-state index contributed by atoms with van der Waals surface area (Å²) in [5.41, 5.74) is 2.50. The smallest absolute Gasteiger partial charge is 0.233 e. The number of H-pyrrole nitrogens is 1. The molecular formula is C28H29F3N6O4. The number of nitrogens with zero attached hydrogens (tertiary/aromatic N) is 5. The van der Waals surface area contributed by atoms with Crippen molar-refractivity contribution in [2.75, 3.05) is 40.6 Å². The topological polar surface area (TPSA) is 112 Å². The van der Waals surface area contributed by atoms with Crippen LogP contribution in [0, 0.1) is 49.2 Å². The fraction of sp³-hybridized carbons (Fsp3) is 0.286. The number of aromatic amines is 1. The fourth-order valence-electron chi connectivity index (χ4n) is 3.07. The van der Waals surface area contributed by atoms with Crippen LogP contribution in [0.4, 0.5) is 18.9 Å². The van der Waals surface area contributed by atoms with Crippen molar-refractivity contribution in [1.82, 2.24) is 20.0 Å². The van der Waals surface area contributed by atoms with Gasteiger partial charge in [-0.05, 0) is 44.2 Å². The molecule has 0 spiro atoms. The normalized spacial score (nSPS) is 9.88. The van der Waals surface area contributed by atoms with Gasteiger partial charge in [0.25, 0.3) is 0 Å². The molecule has 2 aromatic carbocycles. The zero-order valence-electron chi connectivity index (χ0n) is 23.0. The van der Waals surface area contributed by atoms with Gasteiger partial charge in [0.05, 0.1) is 37.1 Å². The summed E-state index contributed by atoms with van der Waals surface area (Å²) < 4.78 is 59.7. The number of rotatable bonds is 9. The highest BCUT2D eigenvalue weighted by Crippen LogP contribution is 2.19. The molecule has 0 aliphatic heterocycles. The molecule has 0 bridgehead atoms. The van der Waals surface area contributed by atoms with Crippen LogP contribution < -0.4 is 9.47 Å². The largest absolute Gasteiger partial charge is 0.474 e. The molecule has 0 fully saturated rings. The van der Waals surface area contributed by atoms with E-state index in [-0.39, 0.29) is 11.3 Å². The molecule has 0 aliphatic carbocycles. The third kappa shape index (κ3) is 11.4. The maximum Gasteiger partial charge on any atom is 0.233 e. The van der Waals surface area contributed by atoms with Crippen LogP contribution in [0.15, 0.2) is 48.5 Å². The molecule has 4 aromatic rings. The van der Waals surface area contributed by atoms with Crippen molar-refractivity contribution in [2.45, 2.75) is 13.8 Å². The van der Waals surface area contributed by atoms with E-state index in [1.165, 1.54) is 16.8 Å². The third-order valence-corrected chi connectivity index (χ3v) is 4.85. The zero-order chi connectivity index (χ0) is 30.2. The van der Waals surface area contributed by atoms with Crippen LogP contribution in [-0.2, 0) is 9.47 Å². The number of nitrogens with one attached hydrogen (secondary N) is 1. The summed E-state index contributed by atoms with van der Waals surface area (Å²) in [6.45, 7) is 12.2. The van der Waals surface area contributed by atoms with E-state index in [2.05, 4.69) is 20.1 Å². The van der Waals surface area contributed by atoms with Gasteiger partial charge < -0.3 is 18.9 Å². The molecule has 0 amide bonds. The van der Waals surface area contributed by atoms with E-state index < -0.39 is 17.5 Å². The van der Waals surface area contributed by atoms with E-state index >= 15 is 0 Å². The molecule has 1 N–H and O–H groups in total. The lowest BCUT2D eigenvalue weighted by Crippen LogP contribution is -2.05. The van der Waals surface area contributed by atoms with E-state index in [1.54, 1.807) is 26.4 Å². The van der Waals surface area contributed by atoms with Gasteiger partial charge in [0.1, 0.15) is 30.7 Å². The van der Waals surface area contributed by atoms with Crippen LogP contribution in [0.1, 0.15) is 17.0 Å². The Morgan fingerprint density at radius 2 is 1.46 bits per heavy atom. The summed E-state index contributed by atoms with van der Waals surface area (Å²) in [7, 11) is 3.22. The first-order chi connectivity index (χ1) is 19.7. The van der Waals surface area contributed by atoms with E-state index in [0.29, 0.717) is 43.9 Å². The molecule has 0 radical (unpaired) electrons. The molecule has 0 saturated carbocycles. The second kappa shape index (κ2) is 17.0. The number of aryl methyl sites for hydroxylation is 2. The van der Waals surface area contributed by atoms with E-state index in [1.807, 2.05) is 26.0 Å². The minimum atomic E-state index is -0.717. The van der Waals surface area contributed by atoms with Crippen molar-refractivity contribution in [3.63, 3.8) is 0 Å². The van der Waals surface area contributed by atoms with Gasteiger partial charge in [-0.3, -0.25) is 5.10 Å². The van der Waals surface area contributed by atoms with Gasteiger partial charge in [-0.1, -0.05) is 0 Å². The Labute approximate surface area is 235 Å². The fourth-order valence-corrected chi connectivity index (χ4v) is 3.07. The first-order valence-corrected chi connectivity index (χ1v) is 12.1. The monoisotopic (exact) mass is 570 g/mol. The number of benzene rings is 2. The van der Waals surface area contributed by atoms with Gasteiger partial charge in [0, 0.05) is 43.8 Å². The van der Waals surface area contributed by atoms with Crippen LogP contribution in [0.3, 0.4) is 0 Å². The quantitative estimate of drug-likeness (QED) is 0.210. The van der Waals surface area contributed by atoms with E-state index in [0.717, 1.165) is 29.6 Å². The van der Waals surface area contributed by atoms with Gasteiger partial charge in [0.2, 0.25) is 11.8 Å². The van der Waals surface area contributed by atoms with Crippen LogP contribution in [0.5, 0.6) is 11.8 Å². The number of halogens is 3. The first kappa shape index (κ1) is 32.4. The van der Waals surface area contributed by atoms with Crippen molar-refractivity contribution < 1.29 is 32.1 Å². The van der Waals surface area contributed by atoms with Gasteiger partial charge >= 0.3 is 0 Å². The van der Waals surface area contributed by atoms with Gasteiger partial charge in [-0.25, -0.2) is 22.7 Å². The minimum Gasteiger partial charge on any atom is -0.474 e. The molecule has 0 aliphatic rings. The van der Waals surface area contributed by atoms with Crippen LogP contribution in [0.2, 0.25) is 0 Å². The molecular weight excluding hydrogens is 541 g/mol. The lowest BCUT2D eigenvalue weighted by molar-refractivity contribution is 0.143.